The van der Waals surface area contributed by atoms with Crippen LogP contribution in [-0.4, -0.2) is 29.4 Å². The van der Waals surface area contributed by atoms with Crippen LogP contribution in [0.2, 0.25) is 0 Å². The van der Waals surface area contributed by atoms with Gasteiger partial charge in [-0.1, -0.05) is 12.1 Å². The third kappa shape index (κ3) is 4.48. The lowest BCUT2D eigenvalue weighted by Crippen LogP contribution is -2.29. The number of hydrogen-bond acceptors (Lipinski definition) is 3. The van der Waals surface area contributed by atoms with Gasteiger partial charge in [0.1, 0.15) is 5.75 Å². The molecule has 0 aromatic heterocycles. The van der Waals surface area contributed by atoms with Crippen LogP contribution in [0.25, 0.3) is 0 Å². The molecule has 17 heavy (non-hydrogen) atoms. The highest BCUT2D eigenvalue weighted by Gasteiger charge is 2.09. The van der Waals surface area contributed by atoms with E-state index >= 15 is 0 Å². The van der Waals surface area contributed by atoms with E-state index in [2.05, 4.69) is 12.2 Å². The van der Waals surface area contributed by atoms with Gasteiger partial charge in [-0.3, -0.25) is 4.21 Å². The lowest BCUT2D eigenvalue weighted by molar-refractivity contribution is 0.414. The standard InChI is InChI=1S/C13H21NO2S/c1-10(17(4)15)9-14-11(2)12-5-7-13(16-3)8-6-12/h5-8,10-11,14H,9H2,1-4H3. The van der Waals surface area contributed by atoms with Gasteiger partial charge in [0.05, 0.1) is 7.11 Å². The molecule has 0 radical (unpaired) electrons. The predicted molar refractivity (Wildman–Crippen MR) is 72.9 cm³/mol. The third-order valence-corrected chi connectivity index (χ3v) is 4.19. The SMILES string of the molecule is COc1ccc(C(C)NCC(C)S(C)=O)cc1. The van der Waals surface area contributed by atoms with Crippen LogP contribution in [0.15, 0.2) is 24.3 Å². The fourth-order valence-corrected chi connectivity index (χ4v) is 1.80. The van der Waals surface area contributed by atoms with E-state index in [9.17, 15) is 4.21 Å². The first kappa shape index (κ1) is 14.2. The number of rotatable bonds is 6. The molecule has 0 saturated carbocycles. The summed E-state index contributed by atoms with van der Waals surface area (Å²) in [5.74, 6) is 0.865. The van der Waals surface area contributed by atoms with Gasteiger partial charge in [0.15, 0.2) is 0 Å². The second-order valence-corrected chi connectivity index (χ2v) is 6.01. The zero-order valence-corrected chi connectivity index (χ0v) is 11.7. The minimum Gasteiger partial charge on any atom is -0.497 e. The Morgan fingerprint density at radius 1 is 1.29 bits per heavy atom. The van der Waals surface area contributed by atoms with Crippen LogP contribution in [-0.2, 0) is 10.8 Å². The molecule has 0 aliphatic heterocycles. The minimum atomic E-state index is -0.771. The van der Waals surface area contributed by atoms with Gasteiger partial charge in [0.25, 0.3) is 0 Å². The lowest BCUT2D eigenvalue weighted by atomic mass is 10.1. The number of methoxy groups -OCH3 is 1. The van der Waals surface area contributed by atoms with Crippen LogP contribution in [0.3, 0.4) is 0 Å². The van der Waals surface area contributed by atoms with Crippen molar-refractivity contribution in [1.29, 1.82) is 0 Å². The molecule has 0 amide bonds. The summed E-state index contributed by atoms with van der Waals surface area (Å²) in [6.07, 6.45) is 1.74. The fraction of sp³-hybridized carbons (Fsp3) is 0.538. The van der Waals surface area contributed by atoms with Gasteiger partial charge < -0.3 is 10.1 Å². The van der Waals surface area contributed by atoms with Crippen LogP contribution < -0.4 is 10.1 Å². The third-order valence-electron chi connectivity index (χ3n) is 2.89. The molecular weight excluding hydrogens is 234 g/mol. The highest BCUT2D eigenvalue weighted by Crippen LogP contribution is 2.17. The highest BCUT2D eigenvalue weighted by atomic mass is 32.2. The zero-order chi connectivity index (χ0) is 12.8. The van der Waals surface area contributed by atoms with E-state index in [-0.39, 0.29) is 11.3 Å². The number of ether oxygens (including phenoxy) is 1. The van der Waals surface area contributed by atoms with Crippen molar-refractivity contribution in [2.24, 2.45) is 0 Å². The molecule has 1 N–H and O–H groups in total. The van der Waals surface area contributed by atoms with Crippen molar-refractivity contribution in [2.75, 3.05) is 19.9 Å². The van der Waals surface area contributed by atoms with Crippen LogP contribution in [0.4, 0.5) is 0 Å². The maximum absolute atomic E-state index is 11.2. The van der Waals surface area contributed by atoms with E-state index in [4.69, 9.17) is 4.74 Å². The van der Waals surface area contributed by atoms with Crippen molar-refractivity contribution in [3.05, 3.63) is 29.8 Å². The van der Waals surface area contributed by atoms with Crippen LogP contribution >= 0.6 is 0 Å². The Labute approximate surface area is 106 Å². The monoisotopic (exact) mass is 255 g/mol. The second-order valence-electron chi connectivity index (χ2n) is 4.21. The molecule has 0 fully saturated rings. The van der Waals surface area contributed by atoms with Gasteiger partial charge in [0.2, 0.25) is 0 Å². The van der Waals surface area contributed by atoms with Crippen molar-refractivity contribution in [2.45, 2.75) is 25.1 Å². The largest absolute Gasteiger partial charge is 0.497 e. The topological polar surface area (TPSA) is 38.3 Å². The van der Waals surface area contributed by atoms with Gasteiger partial charge in [0, 0.05) is 34.9 Å². The Kier molecular flexibility index (Phi) is 5.65. The minimum absolute atomic E-state index is 0.177. The summed E-state index contributed by atoms with van der Waals surface area (Å²) in [5, 5.41) is 3.56. The number of benzene rings is 1. The molecule has 0 aliphatic rings. The molecule has 96 valence electrons. The van der Waals surface area contributed by atoms with Crippen LogP contribution in [0, 0.1) is 0 Å². The summed E-state index contributed by atoms with van der Waals surface area (Å²) in [6.45, 7) is 4.85. The van der Waals surface area contributed by atoms with Crippen molar-refractivity contribution >= 4 is 10.8 Å². The normalized spacial score (nSPS) is 16.2. The maximum atomic E-state index is 11.2. The smallest absolute Gasteiger partial charge is 0.118 e. The summed E-state index contributed by atoms with van der Waals surface area (Å²) >= 11 is 0. The molecule has 3 nitrogen and oxygen atoms in total. The number of nitrogens with one attached hydrogen (secondary N) is 1. The van der Waals surface area contributed by atoms with E-state index in [1.54, 1.807) is 13.4 Å². The first-order valence-electron chi connectivity index (χ1n) is 5.74. The first-order valence-corrected chi connectivity index (χ1v) is 7.36. The Morgan fingerprint density at radius 2 is 1.88 bits per heavy atom. The van der Waals surface area contributed by atoms with E-state index in [0.717, 1.165) is 12.3 Å². The molecule has 0 heterocycles. The van der Waals surface area contributed by atoms with E-state index in [1.165, 1.54) is 5.56 Å². The second kappa shape index (κ2) is 6.77. The highest BCUT2D eigenvalue weighted by molar-refractivity contribution is 7.84. The Bertz CT molecular complexity index is 364. The molecule has 0 aliphatic carbocycles. The average molecular weight is 255 g/mol. The van der Waals surface area contributed by atoms with Gasteiger partial charge in [-0.2, -0.15) is 0 Å². The Morgan fingerprint density at radius 3 is 2.35 bits per heavy atom. The zero-order valence-electron chi connectivity index (χ0n) is 10.9. The molecular formula is C13H21NO2S. The van der Waals surface area contributed by atoms with Gasteiger partial charge in [-0.15, -0.1) is 0 Å². The molecule has 3 atom stereocenters. The molecule has 0 bridgehead atoms. The van der Waals surface area contributed by atoms with Gasteiger partial charge in [-0.25, -0.2) is 0 Å². The molecule has 0 saturated heterocycles. The van der Waals surface area contributed by atoms with Crippen LogP contribution in [0.5, 0.6) is 5.75 Å². The van der Waals surface area contributed by atoms with Crippen LogP contribution in [0.1, 0.15) is 25.5 Å². The summed E-state index contributed by atoms with van der Waals surface area (Å²) in [5.41, 5.74) is 1.21. The molecule has 1 aromatic carbocycles. The average Bonchev–Trinajstić information content (AvgIpc) is 2.35. The summed E-state index contributed by atoms with van der Waals surface area (Å²) in [6, 6.07) is 8.25. The van der Waals surface area contributed by atoms with Crippen molar-refractivity contribution < 1.29 is 8.95 Å². The molecule has 3 unspecified atom stereocenters. The first-order chi connectivity index (χ1) is 8.04. The molecule has 1 aromatic rings. The maximum Gasteiger partial charge on any atom is 0.118 e. The lowest BCUT2D eigenvalue weighted by Gasteiger charge is -2.17. The number of hydrogen-bond donors (Lipinski definition) is 1. The summed E-state index contributed by atoms with van der Waals surface area (Å²) in [7, 11) is 0.891. The van der Waals surface area contributed by atoms with Crippen molar-refractivity contribution in [1.82, 2.24) is 5.32 Å². The Hall–Kier alpha value is -0.870. The fourth-order valence-electron chi connectivity index (χ4n) is 1.47. The van der Waals surface area contributed by atoms with Gasteiger partial charge >= 0.3 is 0 Å². The summed E-state index contributed by atoms with van der Waals surface area (Å²) in [4.78, 5) is 0. The van der Waals surface area contributed by atoms with Crippen molar-refractivity contribution in [3.8, 4) is 5.75 Å². The molecule has 4 heteroatoms. The van der Waals surface area contributed by atoms with Gasteiger partial charge in [-0.05, 0) is 31.5 Å². The summed E-state index contributed by atoms with van der Waals surface area (Å²) < 4.78 is 16.3. The van der Waals surface area contributed by atoms with E-state index in [0.29, 0.717) is 0 Å². The van der Waals surface area contributed by atoms with E-state index < -0.39 is 10.8 Å². The van der Waals surface area contributed by atoms with Crippen molar-refractivity contribution in [3.63, 3.8) is 0 Å². The molecule has 0 spiro atoms. The van der Waals surface area contributed by atoms with E-state index in [1.807, 2.05) is 31.2 Å². The predicted octanol–water partition coefficient (Wildman–Crippen LogP) is 2.11. The molecule has 1 rings (SSSR count). The quantitative estimate of drug-likeness (QED) is 0.846. The Balaban J connectivity index is 2.51.